The van der Waals surface area contributed by atoms with E-state index in [9.17, 15) is 4.79 Å². The van der Waals surface area contributed by atoms with E-state index in [1.807, 2.05) is 6.92 Å². The van der Waals surface area contributed by atoms with Gasteiger partial charge in [0.15, 0.2) is 5.96 Å². The molecule has 2 rings (SSSR count). The standard InChI is InChI=1S/C18H35N5O2/c1-5-25-10-6-9-19-18(20-12-17(24)22(3)4)21-15-11-14(2)23(13-15)16-7-8-16/h14-16H,5-13H2,1-4H3,(H2,19,20,21). The Bertz CT molecular complexity index is 451. The van der Waals surface area contributed by atoms with E-state index in [4.69, 9.17) is 4.74 Å². The first-order valence-electron chi connectivity index (χ1n) is 9.59. The summed E-state index contributed by atoms with van der Waals surface area (Å²) in [6, 6.07) is 1.80. The molecule has 0 aromatic carbocycles. The van der Waals surface area contributed by atoms with E-state index in [1.54, 1.807) is 19.0 Å². The molecule has 2 unspecified atom stereocenters. The Morgan fingerprint density at radius 1 is 1.36 bits per heavy atom. The SMILES string of the molecule is CCOCCCNC(=NCC(=O)N(C)C)NC1CC(C)N(C2CC2)C1. The highest BCUT2D eigenvalue weighted by atomic mass is 16.5. The van der Waals surface area contributed by atoms with E-state index in [1.165, 1.54) is 12.8 Å². The molecule has 1 saturated heterocycles. The van der Waals surface area contributed by atoms with Crippen LogP contribution in [-0.4, -0.2) is 86.7 Å². The van der Waals surface area contributed by atoms with E-state index in [0.29, 0.717) is 12.1 Å². The molecule has 2 fully saturated rings. The van der Waals surface area contributed by atoms with Gasteiger partial charge in [-0.25, -0.2) is 4.99 Å². The van der Waals surface area contributed by atoms with Gasteiger partial charge in [0, 0.05) is 58.5 Å². The van der Waals surface area contributed by atoms with Crippen molar-refractivity contribution in [1.82, 2.24) is 20.4 Å². The number of likely N-dealkylation sites (N-methyl/N-ethyl adjacent to an activating group) is 1. The number of nitrogens with zero attached hydrogens (tertiary/aromatic N) is 3. The van der Waals surface area contributed by atoms with Crippen molar-refractivity contribution < 1.29 is 9.53 Å². The second-order valence-electron chi connectivity index (χ2n) is 7.28. The van der Waals surface area contributed by atoms with Crippen LogP contribution in [-0.2, 0) is 9.53 Å². The van der Waals surface area contributed by atoms with Crippen molar-refractivity contribution >= 4 is 11.9 Å². The monoisotopic (exact) mass is 353 g/mol. The average molecular weight is 354 g/mol. The molecule has 7 heteroatoms. The smallest absolute Gasteiger partial charge is 0.243 e. The van der Waals surface area contributed by atoms with Crippen molar-refractivity contribution in [2.45, 2.75) is 57.7 Å². The Morgan fingerprint density at radius 2 is 2.12 bits per heavy atom. The van der Waals surface area contributed by atoms with E-state index >= 15 is 0 Å². The molecule has 1 amide bonds. The topological polar surface area (TPSA) is 69.2 Å². The lowest BCUT2D eigenvalue weighted by Crippen LogP contribution is -2.45. The quantitative estimate of drug-likeness (QED) is 0.362. The lowest BCUT2D eigenvalue weighted by molar-refractivity contribution is -0.127. The number of hydrogen-bond donors (Lipinski definition) is 2. The molecule has 1 aliphatic carbocycles. The summed E-state index contributed by atoms with van der Waals surface area (Å²) in [5.41, 5.74) is 0. The molecule has 7 nitrogen and oxygen atoms in total. The minimum Gasteiger partial charge on any atom is -0.382 e. The molecule has 0 radical (unpaired) electrons. The predicted octanol–water partition coefficient (Wildman–Crippen LogP) is 0.662. The van der Waals surface area contributed by atoms with Crippen LogP contribution >= 0.6 is 0 Å². The Morgan fingerprint density at radius 3 is 2.76 bits per heavy atom. The molecular weight excluding hydrogens is 318 g/mol. The third-order valence-corrected chi connectivity index (χ3v) is 4.81. The van der Waals surface area contributed by atoms with Gasteiger partial charge in [0.1, 0.15) is 6.54 Å². The first-order valence-corrected chi connectivity index (χ1v) is 9.59. The lowest BCUT2D eigenvalue weighted by atomic mass is 10.2. The lowest BCUT2D eigenvalue weighted by Gasteiger charge is -2.20. The van der Waals surface area contributed by atoms with Gasteiger partial charge in [0.05, 0.1) is 0 Å². The minimum atomic E-state index is 0.00909. The van der Waals surface area contributed by atoms with Crippen LogP contribution in [0.15, 0.2) is 4.99 Å². The van der Waals surface area contributed by atoms with Crippen molar-refractivity contribution in [2.75, 3.05) is 46.9 Å². The van der Waals surface area contributed by atoms with Crippen molar-refractivity contribution in [3.05, 3.63) is 0 Å². The molecule has 2 N–H and O–H groups in total. The molecule has 0 aromatic heterocycles. The average Bonchev–Trinajstić information content (AvgIpc) is 3.35. The number of carbonyl (C=O) groups is 1. The summed E-state index contributed by atoms with van der Waals surface area (Å²) in [4.78, 5) is 20.5. The van der Waals surface area contributed by atoms with Gasteiger partial charge in [0.2, 0.25) is 5.91 Å². The van der Waals surface area contributed by atoms with Gasteiger partial charge < -0.3 is 20.3 Å². The van der Waals surface area contributed by atoms with Crippen LogP contribution in [0, 0.1) is 0 Å². The van der Waals surface area contributed by atoms with Gasteiger partial charge >= 0.3 is 0 Å². The van der Waals surface area contributed by atoms with Crippen LogP contribution in [0.25, 0.3) is 0 Å². The van der Waals surface area contributed by atoms with Crippen LogP contribution in [0.4, 0.5) is 0 Å². The second kappa shape index (κ2) is 9.97. The molecular formula is C18H35N5O2. The highest BCUT2D eigenvalue weighted by Crippen LogP contribution is 2.33. The Kier molecular flexibility index (Phi) is 7.96. The molecule has 1 saturated carbocycles. The summed E-state index contributed by atoms with van der Waals surface area (Å²) < 4.78 is 5.37. The zero-order valence-corrected chi connectivity index (χ0v) is 16.3. The second-order valence-corrected chi connectivity index (χ2v) is 7.28. The fraction of sp³-hybridized carbons (Fsp3) is 0.889. The number of guanidine groups is 1. The first kappa shape index (κ1) is 20.0. The van der Waals surface area contributed by atoms with E-state index in [-0.39, 0.29) is 12.5 Å². The summed E-state index contributed by atoms with van der Waals surface area (Å²) in [6.07, 6.45) is 4.72. The van der Waals surface area contributed by atoms with Crippen molar-refractivity contribution in [3.8, 4) is 0 Å². The van der Waals surface area contributed by atoms with Gasteiger partial charge in [-0.3, -0.25) is 9.69 Å². The van der Waals surface area contributed by atoms with Crippen molar-refractivity contribution in [2.24, 2.45) is 4.99 Å². The molecule has 1 heterocycles. The molecule has 25 heavy (non-hydrogen) atoms. The third kappa shape index (κ3) is 6.82. The van der Waals surface area contributed by atoms with Gasteiger partial charge in [-0.2, -0.15) is 0 Å². The van der Waals surface area contributed by atoms with Crippen LogP contribution < -0.4 is 10.6 Å². The van der Waals surface area contributed by atoms with E-state index in [0.717, 1.165) is 51.1 Å². The zero-order valence-electron chi connectivity index (χ0n) is 16.3. The number of likely N-dealkylation sites (tertiary alicyclic amines) is 1. The highest BCUT2D eigenvalue weighted by molar-refractivity contribution is 5.84. The number of nitrogens with one attached hydrogen (secondary N) is 2. The van der Waals surface area contributed by atoms with Gasteiger partial charge in [-0.05, 0) is 39.5 Å². The maximum absolute atomic E-state index is 11.8. The fourth-order valence-electron chi connectivity index (χ4n) is 3.24. The largest absolute Gasteiger partial charge is 0.382 e. The number of hydrogen-bond acceptors (Lipinski definition) is 4. The van der Waals surface area contributed by atoms with Gasteiger partial charge in [-0.1, -0.05) is 0 Å². The molecule has 1 aliphatic heterocycles. The molecule has 144 valence electrons. The third-order valence-electron chi connectivity index (χ3n) is 4.81. The number of rotatable bonds is 9. The maximum Gasteiger partial charge on any atom is 0.243 e. The zero-order chi connectivity index (χ0) is 18.2. The summed E-state index contributed by atoms with van der Waals surface area (Å²) in [7, 11) is 3.51. The summed E-state index contributed by atoms with van der Waals surface area (Å²) in [5, 5.41) is 6.87. The Labute approximate surface area is 152 Å². The predicted molar refractivity (Wildman–Crippen MR) is 101 cm³/mol. The minimum absolute atomic E-state index is 0.00909. The summed E-state index contributed by atoms with van der Waals surface area (Å²) >= 11 is 0. The molecule has 0 spiro atoms. The number of ether oxygens (including phenoxy) is 1. The maximum atomic E-state index is 11.8. The first-order chi connectivity index (χ1) is 12.0. The Hall–Kier alpha value is -1.34. The van der Waals surface area contributed by atoms with Gasteiger partial charge in [-0.15, -0.1) is 0 Å². The number of amides is 1. The summed E-state index contributed by atoms with van der Waals surface area (Å²) in [6.45, 7) is 7.81. The van der Waals surface area contributed by atoms with Crippen LogP contribution in [0.5, 0.6) is 0 Å². The Balaban J connectivity index is 1.84. The van der Waals surface area contributed by atoms with E-state index < -0.39 is 0 Å². The van der Waals surface area contributed by atoms with Crippen LogP contribution in [0.2, 0.25) is 0 Å². The molecule has 2 atom stereocenters. The summed E-state index contributed by atoms with van der Waals surface area (Å²) in [5.74, 6) is 0.747. The number of aliphatic imine (C=N–C) groups is 1. The fourth-order valence-corrected chi connectivity index (χ4v) is 3.24. The normalized spacial score (nSPS) is 24.4. The van der Waals surface area contributed by atoms with Crippen LogP contribution in [0.1, 0.15) is 39.5 Å². The van der Waals surface area contributed by atoms with E-state index in [2.05, 4.69) is 27.4 Å². The number of carbonyl (C=O) groups excluding carboxylic acids is 1. The molecule has 2 aliphatic rings. The highest BCUT2D eigenvalue weighted by Gasteiger charge is 2.38. The van der Waals surface area contributed by atoms with Crippen molar-refractivity contribution in [3.63, 3.8) is 0 Å². The van der Waals surface area contributed by atoms with Crippen molar-refractivity contribution in [1.29, 1.82) is 0 Å². The van der Waals surface area contributed by atoms with Crippen LogP contribution in [0.3, 0.4) is 0 Å². The molecule has 0 bridgehead atoms. The van der Waals surface area contributed by atoms with Gasteiger partial charge in [0.25, 0.3) is 0 Å². The molecule has 0 aromatic rings.